The van der Waals surface area contributed by atoms with E-state index >= 15 is 0 Å². The third kappa shape index (κ3) is 4.29. The van der Waals surface area contributed by atoms with Crippen molar-refractivity contribution >= 4 is 5.91 Å². The maximum atomic E-state index is 12.3. The van der Waals surface area contributed by atoms with Gasteiger partial charge < -0.3 is 15.1 Å². The number of carbonyl (C=O) groups excluding carboxylic acids is 1. The molecule has 2 N–H and O–H groups in total. The summed E-state index contributed by atoms with van der Waals surface area (Å²) in [4.78, 5) is 14.1. The smallest absolute Gasteiger partial charge is 0.225 e. The summed E-state index contributed by atoms with van der Waals surface area (Å²) in [6.45, 7) is 0.247. The minimum absolute atomic E-state index is 0.0150. The van der Waals surface area contributed by atoms with Gasteiger partial charge >= 0.3 is 0 Å². The van der Waals surface area contributed by atoms with E-state index in [1.54, 1.807) is 4.90 Å². The molecule has 0 saturated heterocycles. The van der Waals surface area contributed by atoms with Crippen LogP contribution in [0.15, 0.2) is 30.3 Å². The van der Waals surface area contributed by atoms with Crippen molar-refractivity contribution < 1.29 is 15.0 Å². The van der Waals surface area contributed by atoms with Crippen LogP contribution in [0, 0.1) is 5.92 Å². The zero-order valence-corrected chi connectivity index (χ0v) is 12.6. The van der Waals surface area contributed by atoms with Crippen molar-refractivity contribution in [1.82, 2.24) is 4.90 Å². The average Bonchev–Trinajstić information content (AvgIpc) is 2.55. The Morgan fingerprint density at radius 1 is 1.24 bits per heavy atom. The molecule has 0 bridgehead atoms. The third-order valence-electron chi connectivity index (χ3n) is 4.57. The Labute approximate surface area is 126 Å². The Hall–Kier alpha value is -1.39. The van der Waals surface area contributed by atoms with E-state index in [0.717, 1.165) is 31.2 Å². The van der Waals surface area contributed by atoms with Gasteiger partial charge in [-0.1, -0.05) is 30.3 Å². The first-order chi connectivity index (χ1) is 10.1. The normalized spacial score (nSPS) is 23.6. The molecule has 0 heterocycles. The van der Waals surface area contributed by atoms with Gasteiger partial charge in [-0.2, -0.15) is 0 Å². The highest BCUT2D eigenvalue weighted by Gasteiger charge is 2.27. The molecule has 4 nitrogen and oxygen atoms in total. The Bertz CT molecular complexity index is 441. The van der Waals surface area contributed by atoms with Crippen LogP contribution < -0.4 is 0 Å². The number of amides is 1. The van der Waals surface area contributed by atoms with E-state index in [0.29, 0.717) is 5.92 Å². The van der Waals surface area contributed by atoms with Crippen molar-refractivity contribution in [2.75, 3.05) is 13.7 Å². The zero-order chi connectivity index (χ0) is 15.2. The minimum Gasteiger partial charge on any atom is -0.396 e. The summed E-state index contributed by atoms with van der Waals surface area (Å²) in [5.74, 6) is 0.374. The fourth-order valence-corrected chi connectivity index (χ4v) is 3.02. The van der Waals surface area contributed by atoms with Gasteiger partial charge in [-0.05, 0) is 37.2 Å². The minimum atomic E-state index is -0.741. The van der Waals surface area contributed by atoms with E-state index < -0.39 is 6.10 Å². The molecule has 1 amide bonds. The number of aliphatic hydroxyl groups excluding tert-OH is 2. The first kappa shape index (κ1) is 16.0. The van der Waals surface area contributed by atoms with Gasteiger partial charge in [0.15, 0.2) is 0 Å². The number of carbonyl (C=O) groups is 1. The van der Waals surface area contributed by atoms with Gasteiger partial charge in [0.1, 0.15) is 0 Å². The van der Waals surface area contributed by atoms with E-state index in [2.05, 4.69) is 0 Å². The molecule has 1 saturated carbocycles. The average molecular weight is 291 g/mol. The molecule has 1 fully saturated rings. The van der Waals surface area contributed by atoms with Crippen LogP contribution >= 0.6 is 0 Å². The van der Waals surface area contributed by atoms with Crippen LogP contribution in [0.4, 0.5) is 0 Å². The Morgan fingerprint density at radius 3 is 2.43 bits per heavy atom. The maximum Gasteiger partial charge on any atom is 0.225 e. The van der Waals surface area contributed by atoms with E-state index in [1.165, 1.54) is 0 Å². The van der Waals surface area contributed by atoms with Crippen LogP contribution in [0.1, 0.15) is 43.8 Å². The number of benzene rings is 1. The van der Waals surface area contributed by atoms with Crippen LogP contribution in [0.25, 0.3) is 0 Å². The highest BCUT2D eigenvalue weighted by molar-refractivity contribution is 5.77. The lowest BCUT2D eigenvalue weighted by atomic mass is 9.86. The first-order valence-corrected chi connectivity index (χ1v) is 7.71. The molecule has 0 radical (unpaired) electrons. The molecular formula is C17H25NO3. The van der Waals surface area contributed by atoms with E-state index in [4.69, 9.17) is 5.11 Å². The molecular weight excluding hydrogens is 266 g/mol. The SMILES string of the molecule is CN(C(=O)CC(O)c1ccccc1)C1CCC(CO)CC1. The maximum absolute atomic E-state index is 12.3. The molecule has 0 aromatic heterocycles. The molecule has 2 rings (SSSR count). The van der Waals surface area contributed by atoms with E-state index in [1.807, 2.05) is 37.4 Å². The van der Waals surface area contributed by atoms with Crippen molar-refractivity contribution in [3.63, 3.8) is 0 Å². The molecule has 4 heteroatoms. The number of aliphatic hydroxyl groups is 2. The number of nitrogens with zero attached hydrogens (tertiary/aromatic N) is 1. The summed E-state index contributed by atoms with van der Waals surface area (Å²) in [6.07, 6.45) is 3.21. The molecule has 1 unspecified atom stereocenters. The van der Waals surface area contributed by atoms with Crippen molar-refractivity contribution in [2.45, 2.75) is 44.2 Å². The lowest BCUT2D eigenvalue weighted by molar-refractivity contribution is -0.135. The summed E-state index contributed by atoms with van der Waals surface area (Å²) in [6, 6.07) is 9.54. The summed E-state index contributed by atoms with van der Waals surface area (Å²) < 4.78 is 0. The van der Waals surface area contributed by atoms with E-state index in [-0.39, 0.29) is 25.0 Å². The second-order valence-electron chi connectivity index (χ2n) is 5.99. The molecule has 0 aliphatic heterocycles. The van der Waals surface area contributed by atoms with Gasteiger partial charge in [0, 0.05) is 19.7 Å². The van der Waals surface area contributed by atoms with Crippen molar-refractivity contribution in [3.05, 3.63) is 35.9 Å². The van der Waals surface area contributed by atoms with Gasteiger partial charge in [0.2, 0.25) is 5.91 Å². The number of rotatable bonds is 5. The van der Waals surface area contributed by atoms with Crippen molar-refractivity contribution in [3.8, 4) is 0 Å². The third-order valence-corrected chi connectivity index (χ3v) is 4.57. The largest absolute Gasteiger partial charge is 0.396 e. The highest BCUT2D eigenvalue weighted by atomic mass is 16.3. The summed E-state index contributed by atoms with van der Waals surface area (Å²) >= 11 is 0. The molecule has 116 valence electrons. The second kappa shape index (κ2) is 7.57. The summed E-state index contributed by atoms with van der Waals surface area (Å²) in [5.41, 5.74) is 0.781. The molecule has 0 spiro atoms. The second-order valence-corrected chi connectivity index (χ2v) is 5.99. The Balaban J connectivity index is 1.85. The quantitative estimate of drug-likeness (QED) is 0.873. The van der Waals surface area contributed by atoms with Crippen molar-refractivity contribution in [2.24, 2.45) is 5.92 Å². The van der Waals surface area contributed by atoms with Crippen LogP contribution in [-0.2, 0) is 4.79 Å². The van der Waals surface area contributed by atoms with Gasteiger partial charge in [-0.25, -0.2) is 0 Å². The highest BCUT2D eigenvalue weighted by Crippen LogP contribution is 2.27. The van der Waals surface area contributed by atoms with Gasteiger partial charge in [0.05, 0.1) is 12.5 Å². The Morgan fingerprint density at radius 2 is 1.86 bits per heavy atom. The summed E-state index contributed by atoms with van der Waals surface area (Å²) in [7, 11) is 1.82. The molecule has 1 aliphatic rings. The monoisotopic (exact) mass is 291 g/mol. The standard InChI is InChI=1S/C17H25NO3/c1-18(15-9-7-13(12-19)8-10-15)17(21)11-16(20)14-5-3-2-4-6-14/h2-6,13,15-16,19-20H,7-12H2,1H3. The van der Waals surface area contributed by atoms with Crippen LogP contribution in [0.2, 0.25) is 0 Å². The van der Waals surface area contributed by atoms with Gasteiger partial charge in [-0.3, -0.25) is 4.79 Å². The van der Waals surface area contributed by atoms with Gasteiger partial charge in [0.25, 0.3) is 0 Å². The van der Waals surface area contributed by atoms with Crippen molar-refractivity contribution in [1.29, 1.82) is 0 Å². The lowest BCUT2D eigenvalue weighted by Crippen LogP contribution is -2.40. The van der Waals surface area contributed by atoms with Crippen LogP contribution in [-0.4, -0.2) is 40.7 Å². The van der Waals surface area contributed by atoms with Crippen LogP contribution in [0.5, 0.6) is 0 Å². The zero-order valence-electron chi connectivity index (χ0n) is 12.6. The fourth-order valence-electron chi connectivity index (χ4n) is 3.02. The lowest BCUT2D eigenvalue weighted by Gasteiger charge is -2.34. The predicted molar refractivity (Wildman–Crippen MR) is 81.6 cm³/mol. The molecule has 1 aromatic carbocycles. The molecule has 1 aromatic rings. The topological polar surface area (TPSA) is 60.8 Å². The van der Waals surface area contributed by atoms with E-state index in [9.17, 15) is 9.90 Å². The van der Waals surface area contributed by atoms with Crippen LogP contribution in [0.3, 0.4) is 0 Å². The molecule has 1 aliphatic carbocycles. The molecule has 1 atom stereocenters. The first-order valence-electron chi connectivity index (χ1n) is 7.71. The van der Waals surface area contributed by atoms with Gasteiger partial charge in [-0.15, -0.1) is 0 Å². The number of hydrogen-bond acceptors (Lipinski definition) is 3. The fraction of sp³-hybridized carbons (Fsp3) is 0.588. The predicted octanol–water partition coefficient (Wildman–Crippen LogP) is 2.12. The number of hydrogen-bond donors (Lipinski definition) is 2. The Kier molecular flexibility index (Phi) is 5.76. The molecule has 21 heavy (non-hydrogen) atoms. The summed E-state index contributed by atoms with van der Waals surface area (Å²) in [5, 5.41) is 19.3.